The van der Waals surface area contributed by atoms with Crippen LogP contribution < -0.4 is 5.73 Å². The lowest BCUT2D eigenvalue weighted by Crippen LogP contribution is -2.25. The molecule has 0 aliphatic carbocycles. The van der Waals surface area contributed by atoms with Crippen molar-refractivity contribution in [2.75, 3.05) is 12.3 Å². The Labute approximate surface area is 111 Å². The Morgan fingerprint density at radius 3 is 2.89 bits per heavy atom. The highest BCUT2D eigenvalue weighted by Crippen LogP contribution is 2.26. The van der Waals surface area contributed by atoms with E-state index < -0.39 is 0 Å². The molecule has 2 N–H and O–H groups in total. The fraction of sp³-hybridized carbons (Fsp3) is 0.385. The predicted molar refractivity (Wildman–Crippen MR) is 72.9 cm³/mol. The van der Waals surface area contributed by atoms with Crippen LogP contribution in [0.2, 0.25) is 0 Å². The average Bonchev–Trinajstić information content (AvgIpc) is 2.61. The summed E-state index contributed by atoms with van der Waals surface area (Å²) in [5.74, 6) is 0.0944. The number of carbonyl (C=O) groups is 2. The second-order valence-corrected chi connectivity index (χ2v) is 5.89. The zero-order valence-electron chi connectivity index (χ0n) is 10.3. The molecule has 0 aromatic heterocycles. The molecule has 1 atom stereocenters. The maximum Gasteiger partial charge on any atom is 0.224 e. The van der Waals surface area contributed by atoms with Gasteiger partial charge in [0.2, 0.25) is 5.91 Å². The summed E-state index contributed by atoms with van der Waals surface area (Å²) in [7, 11) is 0. The van der Waals surface area contributed by atoms with Gasteiger partial charge in [-0.15, -0.1) is 0 Å². The Bertz CT molecular complexity index is 476. The number of hydrogen-bond donors (Lipinski definition) is 1. The summed E-state index contributed by atoms with van der Waals surface area (Å²) in [5, 5.41) is 0.147. The van der Waals surface area contributed by atoms with Gasteiger partial charge in [-0.25, -0.2) is 0 Å². The molecule has 0 bridgehead atoms. The molecule has 1 aromatic rings. The number of benzene rings is 1. The van der Waals surface area contributed by atoms with E-state index in [9.17, 15) is 9.59 Å². The molecule has 1 heterocycles. The molecule has 1 aromatic carbocycles. The van der Waals surface area contributed by atoms with Gasteiger partial charge in [0.05, 0.1) is 0 Å². The molecule has 1 aliphatic heterocycles. The van der Waals surface area contributed by atoms with Crippen molar-refractivity contribution < 1.29 is 9.59 Å². The molecule has 1 amide bonds. The van der Waals surface area contributed by atoms with Gasteiger partial charge in [-0.2, -0.15) is 0 Å². The summed E-state index contributed by atoms with van der Waals surface area (Å²) in [4.78, 5) is 24.7. The number of para-hydroxylation sites is 1. The first-order chi connectivity index (χ1) is 8.56. The Hall–Kier alpha value is -1.49. The zero-order chi connectivity index (χ0) is 13.1. The number of likely N-dealkylation sites (tertiary alicyclic amines) is 1. The molecular weight excluding hydrogens is 248 g/mol. The number of amides is 1. The van der Waals surface area contributed by atoms with Crippen LogP contribution in [-0.2, 0) is 16.1 Å². The van der Waals surface area contributed by atoms with Gasteiger partial charge in [-0.3, -0.25) is 9.59 Å². The van der Waals surface area contributed by atoms with E-state index in [0.717, 1.165) is 5.56 Å². The summed E-state index contributed by atoms with van der Waals surface area (Å²) in [6.07, 6.45) is 0.441. The van der Waals surface area contributed by atoms with E-state index in [0.29, 0.717) is 25.2 Å². The lowest BCUT2D eigenvalue weighted by molar-refractivity contribution is -0.128. The standard InChI is InChI=1S/C13H16N2O2S/c1-9(16)18-11-6-13(17)15(8-11)7-10-4-2-3-5-12(10)14/h2-5,11H,6-8,14H2,1H3. The minimum atomic E-state index is 0.0638. The van der Waals surface area contributed by atoms with Crippen LogP contribution in [0.5, 0.6) is 0 Å². The van der Waals surface area contributed by atoms with E-state index in [1.807, 2.05) is 24.3 Å². The van der Waals surface area contributed by atoms with Crippen LogP contribution in [0.15, 0.2) is 24.3 Å². The fourth-order valence-corrected chi connectivity index (χ4v) is 3.04. The normalized spacial score (nSPS) is 19.3. The van der Waals surface area contributed by atoms with Crippen molar-refractivity contribution in [2.45, 2.75) is 25.1 Å². The van der Waals surface area contributed by atoms with Crippen LogP contribution >= 0.6 is 11.8 Å². The summed E-state index contributed by atoms with van der Waals surface area (Å²) < 4.78 is 0. The third kappa shape index (κ3) is 3.04. The van der Waals surface area contributed by atoms with Crippen LogP contribution in [0.1, 0.15) is 18.9 Å². The SMILES string of the molecule is CC(=O)SC1CC(=O)N(Cc2ccccc2N)C1. The zero-order valence-corrected chi connectivity index (χ0v) is 11.1. The van der Waals surface area contributed by atoms with Crippen molar-refractivity contribution >= 4 is 28.5 Å². The summed E-state index contributed by atoms with van der Waals surface area (Å²) in [6.45, 7) is 2.69. The molecule has 96 valence electrons. The number of carbonyl (C=O) groups excluding carboxylic acids is 2. The van der Waals surface area contributed by atoms with E-state index in [2.05, 4.69) is 0 Å². The first kappa shape index (κ1) is 13.0. The van der Waals surface area contributed by atoms with Crippen LogP contribution in [0.25, 0.3) is 0 Å². The second-order valence-electron chi connectivity index (χ2n) is 4.41. The lowest BCUT2D eigenvalue weighted by atomic mass is 10.2. The Kier molecular flexibility index (Phi) is 3.91. The lowest BCUT2D eigenvalue weighted by Gasteiger charge is -2.17. The monoisotopic (exact) mass is 264 g/mol. The number of nitrogens with zero attached hydrogens (tertiary/aromatic N) is 1. The fourth-order valence-electron chi connectivity index (χ4n) is 2.09. The molecule has 1 aliphatic rings. The van der Waals surface area contributed by atoms with Gasteiger partial charge in [-0.1, -0.05) is 30.0 Å². The van der Waals surface area contributed by atoms with Crippen LogP contribution in [-0.4, -0.2) is 27.7 Å². The molecule has 18 heavy (non-hydrogen) atoms. The van der Waals surface area contributed by atoms with E-state index in [4.69, 9.17) is 5.73 Å². The first-order valence-corrected chi connectivity index (χ1v) is 6.72. The van der Waals surface area contributed by atoms with Crippen molar-refractivity contribution in [3.63, 3.8) is 0 Å². The smallest absolute Gasteiger partial charge is 0.224 e. The van der Waals surface area contributed by atoms with E-state index in [1.165, 1.54) is 18.7 Å². The largest absolute Gasteiger partial charge is 0.398 e. The van der Waals surface area contributed by atoms with Gasteiger partial charge in [0.15, 0.2) is 5.12 Å². The Morgan fingerprint density at radius 1 is 1.50 bits per heavy atom. The van der Waals surface area contributed by atoms with Crippen LogP contribution in [0, 0.1) is 0 Å². The molecule has 1 saturated heterocycles. The van der Waals surface area contributed by atoms with Crippen molar-refractivity contribution in [1.82, 2.24) is 4.90 Å². The minimum absolute atomic E-state index is 0.0638. The quantitative estimate of drug-likeness (QED) is 0.843. The molecule has 5 heteroatoms. The molecule has 1 fully saturated rings. The highest BCUT2D eigenvalue weighted by Gasteiger charge is 2.30. The van der Waals surface area contributed by atoms with Gasteiger partial charge in [0.25, 0.3) is 0 Å². The maximum absolute atomic E-state index is 11.8. The van der Waals surface area contributed by atoms with Gasteiger partial charge in [0, 0.05) is 37.4 Å². The van der Waals surface area contributed by atoms with Gasteiger partial charge in [0.1, 0.15) is 0 Å². The third-order valence-electron chi connectivity index (χ3n) is 2.93. The minimum Gasteiger partial charge on any atom is -0.398 e. The molecule has 0 spiro atoms. The van der Waals surface area contributed by atoms with Crippen molar-refractivity contribution in [1.29, 1.82) is 0 Å². The van der Waals surface area contributed by atoms with Crippen molar-refractivity contribution in [3.8, 4) is 0 Å². The third-order valence-corrected chi connectivity index (χ3v) is 3.91. The highest BCUT2D eigenvalue weighted by molar-refractivity contribution is 8.14. The Morgan fingerprint density at radius 2 is 2.22 bits per heavy atom. The molecule has 0 saturated carbocycles. The number of rotatable bonds is 3. The summed E-state index contributed by atoms with van der Waals surface area (Å²) in [6, 6.07) is 7.54. The van der Waals surface area contributed by atoms with Crippen LogP contribution in [0.4, 0.5) is 5.69 Å². The number of hydrogen-bond acceptors (Lipinski definition) is 4. The Balaban J connectivity index is 2.01. The van der Waals surface area contributed by atoms with Gasteiger partial charge < -0.3 is 10.6 Å². The maximum atomic E-state index is 11.8. The van der Waals surface area contributed by atoms with Crippen molar-refractivity contribution in [2.24, 2.45) is 0 Å². The topological polar surface area (TPSA) is 63.4 Å². The number of anilines is 1. The van der Waals surface area contributed by atoms with E-state index in [-0.39, 0.29) is 16.3 Å². The average molecular weight is 264 g/mol. The summed E-state index contributed by atoms with van der Waals surface area (Å²) in [5.41, 5.74) is 7.52. The molecule has 2 rings (SSSR count). The second kappa shape index (κ2) is 5.44. The number of nitrogens with two attached hydrogens (primary N) is 1. The number of nitrogen functional groups attached to an aromatic ring is 1. The molecule has 1 unspecified atom stereocenters. The van der Waals surface area contributed by atoms with E-state index >= 15 is 0 Å². The van der Waals surface area contributed by atoms with Crippen molar-refractivity contribution in [3.05, 3.63) is 29.8 Å². The number of thioether (sulfide) groups is 1. The highest BCUT2D eigenvalue weighted by atomic mass is 32.2. The van der Waals surface area contributed by atoms with Gasteiger partial charge >= 0.3 is 0 Å². The first-order valence-electron chi connectivity index (χ1n) is 5.84. The van der Waals surface area contributed by atoms with Crippen LogP contribution in [0.3, 0.4) is 0 Å². The summed E-state index contributed by atoms with van der Waals surface area (Å²) >= 11 is 1.25. The predicted octanol–water partition coefficient (Wildman–Crippen LogP) is 1.65. The molecule has 4 nitrogen and oxygen atoms in total. The molecular formula is C13H16N2O2S. The molecule has 0 radical (unpaired) electrons. The van der Waals surface area contributed by atoms with Gasteiger partial charge in [-0.05, 0) is 11.6 Å². The van der Waals surface area contributed by atoms with E-state index in [1.54, 1.807) is 4.90 Å².